The molecular formula is C12H11FO6. The van der Waals surface area contributed by atoms with Crippen molar-refractivity contribution in [3.8, 4) is 0 Å². The number of halogens is 1. The Balaban J connectivity index is 3.36. The molecule has 0 aliphatic heterocycles. The average Bonchev–Trinajstić information content (AvgIpc) is 2.27. The molecule has 0 aliphatic rings. The molecule has 0 aromatic heterocycles. The molecule has 0 radical (unpaired) electrons. The number of hydrogen-bond acceptors (Lipinski definition) is 3. The van der Waals surface area contributed by atoms with Crippen molar-refractivity contribution in [2.75, 3.05) is 0 Å². The summed E-state index contributed by atoms with van der Waals surface area (Å²) in [4.78, 5) is 33.0. The maximum absolute atomic E-state index is 12.8. The van der Waals surface area contributed by atoms with Gasteiger partial charge in [0.2, 0.25) is 0 Å². The Morgan fingerprint density at radius 2 is 1.37 bits per heavy atom. The molecule has 19 heavy (non-hydrogen) atoms. The van der Waals surface area contributed by atoms with Crippen LogP contribution < -0.4 is 0 Å². The van der Waals surface area contributed by atoms with Crippen LogP contribution in [0.5, 0.6) is 0 Å². The van der Waals surface area contributed by atoms with Crippen molar-refractivity contribution in [2.45, 2.75) is 18.3 Å². The van der Waals surface area contributed by atoms with Gasteiger partial charge in [0.1, 0.15) is 11.2 Å². The number of aliphatic carboxylic acids is 3. The first-order valence-corrected chi connectivity index (χ1v) is 5.21. The van der Waals surface area contributed by atoms with Gasteiger partial charge in [-0.3, -0.25) is 14.4 Å². The Morgan fingerprint density at radius 1 is 0.947 bits per heavy atom. The summed E-state index contributed by atoms with van der Waals surface area (Å²) in [6.45, 7) is 0. The number of carboxylic acids is 3. The first kappa shape index (κ1) is 14.6. The third kappa shape index (κ3) is 3.27. The highest BCUT2D eigenvalue weighted by Crippen LogP contribution is 2.32. The van der Waals surface area contributed by atoms with Crippen LogP contribution in [-0.4, -0.2) is 33.2 Å². The van der Waals surface area contributed by atoms with Crippen molar-refractivity contribution in [2.24, 2.45) is 0 Å². The van der Waals surface area contributed by atoms with Crippen LogP contribution in [0.2, 0.25) is 0 Å². The topological polar surface area (TPSA) is 112 Å². The van der Waals surface area contributed by atoms with Gasteiger partial charge in [-0.15, -0.1) is 0 Å². The Morgan fingerprint density at radius 3 is 1.68 bits per heavy atom. The van der Waals surface area contributed by atoms with Crippen molar-refractivity contribution in [1.82, 2.24) is 0 Å². The van der Waals surface area contributed by atoms with Gasteiger partial charge in [-0.05, 0) is 17.7 Å². The molecule has 102 valence electrons. The molecule has 6 nitrogen and oxygen atoms in total. The lowest BCUT2D eigenvalue weighted by molar-refractivity contribution is -0.154. The molecular weight excluding hydrogens is 259 g/mol. The summed E-state index contributed by atoms with van der Waals surface area (Å²) in [6, 6.07) is 4.07. The minimum Gasteiger partial charge on any atom is -0.481 e. The fourth-order valence-electron chi connectivity index (χ4n) is 1.83. The van der Waals surface area contributed by atoms with Crippen molar-refractivity contribution in [3.63, 3.8) is 0 Å². The highest BCUT2D eigenvalue weighted by Gasteiger charge is 2.44. The third-order valence-electron chi connectivity index (χ3n) is 2.71. The van der Waals surface area contributed by atoms with Crippen molar-refractivity contribution in [1.29, 1.82) is 0 Å². The smallest absolute Gasteiger partial charge is 0.315 e. The number of carbonyl (C=O) groups is 3. The SMILES string of the molecule is O=C(O)CC(CC(=O)O)(C(=O)O)c1ccc(F)cc1. The van der Waals surface area contributed by atoms with E-state index in [9.17, 15) is 23.9 Å². The van der Waals surface area contributed by atoms with Gasteiger partial charge in [0.05, 0.1) is 12.8 Å². The fraction of sp³-hybridized carbons (Fsp3) is 0.250. The highest BCUT2D eigenvalue weighted by atomic mass is 19.1. The van der Waals surface area contributed by atoms with E-state index in [0.29, 0.717) is 0 Å². The van der Waals surface area contributed by atoms with E-state index in [-0.39, 0.29) is 5.56 Å². The Labute approximate surface area is 107 Å². The van der Waals surface area contributed by atoms with Gasteiger partial charge in [0.25, 0.3) is 0 Å². The molecule has 0 amide bonds. The van der Waals surface area contributed by atoms with E-state index >= 15 is 0 Å². The summed E-state index contributed by atoms with van der Waals surface area (Å²) in [7, 11) is 0. The summed E-state index contributed by atoms with van der Waals surface area (Å²) in [6.07, 6.45) is -1.81. The molecule has 0 heterocycles. The van der Waals surface area contributed by atoms with Crippen LogP contribution in [-0.2, 0) is 19.8 Å². The van der Waals surface area contributed by atoms with Crippen LogP contribution in [0.3, 0.4) is 0 Å². The molecule has 0 bridgehead atoms. The van der Waals surface area contributed by atoms with Gasteiger partial charge in [-0.25, -0.2) is 4.39 Å². The van der Waals surface area contributed by atoms with E-state index in [0.717, 1.165) is 24.3 Å². The van der Waals surface area contributed by atoms with E-state index in [1.165, 1.54) is 0 Å². The second kappa shape index (κ2) is 5.47. The van der Waals surface area contributed by atoms with Crippen molar-refractivity contribution >= 4 is 17.9 Å². The number of benzene rings is 1. The van der Waals surface area contributed by atoms with Crippen LogP contribution in [0.25, 0.3) is 0 Å². The zero-order valence-corrected chi connectivity index (χ0v) is 9.67. The van der Waals surface area contributed by atoms with E-state index in [1.807, 2.05) is 0 Å². The summed E-state index contributed by atoms with van der Waals surface area (Å²) < 4.78 is 12.8. The maximum atomic E-state index is 12.8. The summed E-state index contributed by atoms with van der Waals surface area (Å²) >= 11 is 0. The van der Waals surface area contributed by atoms with Gasteiger partial charge >= 0.3 is 17.9 Å². The molecule has 1 aromatic carbocycles. The molecule has 0 saturated carbocycles. The van der Waals surface area contributed by atoms with Crippen molar-refractivity contribution < 1.29 is 34.1 Å². The lowest BCUT2D eigenvalue weighted by atomic mass is 9.75. The quantitative estimate of drug-likeness (QED) is 0.713. The molecule has 0 saturated heterocycles. The molecule has 0 spiro atoms. The Bertz CT molecular complexity index is 491. The molecule has 1 aromatic rings. The minimum atomic E-state index is -2.12. The van der Waals surface area contributed by atoms with Crippen LogP contribution in [0, 0.1) is 5.82 Å². The molecule has 0 aliphatic carbocycles. The maximum Gasteiger partial charge on any atom is 0.315 e. The van der Waals surface area contributed by atoms with E-state index in [4.69, 9.17) is 10.2 Å². The van der Waals surface area contributed by atoms with Gasteiger partial charge in [-0.2, -0.15) is 0 Å². The first-order chi connectivity index (χ1) is 8.78. The molecule has 0 fully saturated rings. The summed E-state index contributed by atoms with van der Waals surface area (Å²) in [5.74, 6) is -5.11. The molecule has 0 atom stereocenters. The highest BCUT2D eigenvalue weighted by molar-refractivity contribution is 5.91. The van der Waals surface area contributed by atoms with Crippen LogP contribution in [0.4, 0.5) is 4.39 Å². The van der Waals surface area contributed by atoms with Gasteiger partial charge in [-0.1, -0.05) is 12.1 Å². The minimum absolute atomic E-state index is 0.0637. The van der Waals surface area contributed by atoms with Gasteiger partial charge in [0.15, 0.2) is 0 Å². The fourth-order valence-corrected chi connectivity index (χ4v) is 1.83. The second-order valence-electron chi connectivity index (χ2n) is 4.04. The molecule has 7 heteroatoms. The normalized spacial score (nSPS) is 11.0. The average molecular weight is 270 g/mol. The zero-order valence-electron chi connectivity index (χ0n) is 9.67. The lowest BCUT2D eigenvalue weighted by Gasteiger charge is -2.26. The van der Waals surface area contributed by atoms with E-state index in [2.05, 4.69) is 0 Å². The third-order valence-corrected chi connectivity index (χ3v) is 2.71. The summed E-state index contributed by atoms with van der Waals surface area (Å²) in [5, 5.41) is 26.8. The summed E-state index contributed by atoms with van der Waals surface area (Å²) in [5.41, 5.74) is -2.18. The predicted molar refractivity (Wildman–Crippen MR) is 60.2 cm³/mol. The number of rotatable bonds is 6. The molecule has 1 rings (SSSR count). The molecule has 0 unspecified atom stereocenters. The monoisotopic (exact) mass is 270 g/mol. The predicted octanol–water partition coefficient (Wildman–Crippen LogP) is 1.10. The van der Waals surface area contributed by atoms with Crippen LogP contribution >= 0.6 is 0 Å². The number of carboxylic acid groups (broad SMARTS) is 3. The standard InChI is InChI=1S/C12H11FO6/c13-8-3-1-7(2-4-8)12(11(18)19,5-9(14)15)6-10(16)17/h1-4H,5-6H2,(H,14,15)(H,16,17)(H,18,19). The number of hydrogen-bond donors (Lipinski definition) is 3. The Kier molecular flexibility index (Phi) is 4.21. The molecule has 3 N–H and O–H groups in total. The van der Waals surface area contributed by atoms with Crippen molar-refractivity contribution in [3.05, 3.63) is 35.6 Å². The largest absolute Gasteiger partial charge is 0.481 e. The lowest BCUT2D eigenvalue weighted by Crippen LogP contribution is -2.40. The van der Waals surface area contributed by atoms with Gasteiger partial charge in [0, 0.05) is 0 Å². The Hall–Kier alpha value is -2.44. The van der Waals surface area contributed by atoms with Crippen LogP contribution in [0.1, 0.15) is 18.4 Å². The van der Waals surface area contributed by atoms with Crippen LogP contribution in [0.15, 0.2) is 24.3 Å². The first-order valence-electron chi connectivity index (χ1n) is 5.21. The van der Waals surface area contributed by atoms with E-state index in [1.54, 1.807) is 0 Å². The second-order valence-corrected chi connectivity index (χ2v) is 4.04. The van der Waals surface area contributed by atoms with Gasteiger partial charge < -0.3 is 15.3 Å². The van der Waals surface area contributed by atoms with E-state index < -0.39 is 42.0 Å². The zero-order chi connectivity index (χ0) is 14.6.